The Bertz CT molecular complexity index is 2000. The SMILES string of the molecule is Cn1c(=O)n(C2CCC(=O)NC2=O)c2ccc(C#CCCCCc3cn(Cc4cccc(N5C[C@H]6C[C@@H]5CN6C(=O)O)n4)nn3)cc21. The van der Waals surface area contributed by atoms with Crippen LogP contribution in [-0.4, -0.2) is 82.2 Å². The Hall–Kier alpha value is -5.45. The summed E-state index contributed by atoms with van der Waals surface area (Å²) in [5.41, 5.74) is 3.59. The second kappa shape index (κ2) is 12.4. The summed E-state index contributed by atoms with van der Waals surface area (Å²) in [6.07, 6.45) is 5.74. The maximum atomic E-state index is 13.0. The zero-order valence-corrected chi connectivity index (χ0v) is 26.0. The number of carbonyl (C=O) groups excluding carboxylic acids is 2. The van der Waals surface area contributed by atoms with Gasteiger partial charge in [0.15, 0.2) is 0 Å². The largest absolute Gasteiger partial charge is 0.465 e. The third-order valence-corrected chi connectivity index (χ3v) is 9.31. The molecular weight excluding hydrogens is 602 g/mol. The molecule has 0 spiro atoms. The number of anilines is 1. The minimum atomic E-state index is -0.848. The zero-order chi connectivity index (χ0) is 32.7. The molecule has 14 nitrogen and oxygen atoms in total. The summed E-state index contributed by atoms with van der Waals surface area (Å²) in [6, 6.07) is 10.9. The number of hydrogen-bond acceptors (Lipinski definition) is 8. The number of aryl methyl sites for hydroxylation is 2. The number of benzene rings is 1. The summed E-state index contributed by atoms with van der Waals surface area (Å²) >= 11 is 0. The van der Waals surface area contributed by atoms with Crippen molar-refractivity contribution in [2.75, 3.05) is 18.0 Å². The molecule has 3 amide bonds. The Balaban J connectivity index is 0.902. The maximum absolute atomic E-state index is 13.0. The summed E-state index contributed by atoms with van der Waals surface area (Å²) in [7, 11) is 1.67. The monoisotopic (exact) mass is 637 g/mol. The molecule has 6 heterocycles. The number of hydrogen-bond donors (Lipinski definition) is 2. The number of pyridine rings is 1. The molecule has 7 rings (SSSR count). The molecule has 1 aromatic carbocycles. The number of imidazole rings is 1. The maximum Gasteiger partial charge on any atom is 0.407 e. The van der Waals surface area contributed by atoms with E-state index in [2.05, 4.69) is 32.4 Å². The van der Waals surface area contributed by atoms with Crippen LogP contribution in [0.4, 0.5) is 10.6 Å². The highest BCUT2D eigenvalue weighted by Gasteiger charge is 2.45. The van der Waals surface area contributed by atoms with Crippen molar-refractivity contribution in [1.29, 1.82) is 0 Å². The van der Waals surface area contributed by atoms with Gasteiger partial charge in [0.05, 0.1) is 41.0 Å². The fraction of sp³-hybridized carbons (Fsp3) is 0.424. The van der Waals surface area contributed by atoms with Crippen LogP contribution in [0.2, 0.25) is 0 Å². The Kier molecular flexibility index (Phi) is 7.97. The molecule has 0 saturated carbocycles. The number of carboxylic acid groups (broad SMARTS) is 1. The molecule has 3 saturated heterocycles. The molecule has 3 atom stereocenters. The summed E-state index contributed by atoms with van der Waals surface area (Å²) in [5, 5.41) is 20.3. The summed E-state index contributed by atoms with van der Waals surface area (Å²) < 4.78 is 4.77. The molecule has 14 heteroatoms. The molecule has 3 fully saturated rings. The molecule has 2 N–H and O–H groups in total. The fourth-order valence-electron chi connectivity index (χ4n) is 6.95. The lowest BCUT2D eigenvalue weighted by molar-refractivity contribution is -0.135. The molecule has 0 aliphatic carbocycles. The Labute approximate surface area is 270 Å². The van der Waals surface area contributed by atoms with Crippen molar-refractivity contribution < 1.29 is 19.5 Å². The van der Waals surface area contributed by atoms with Crippen molar-refractivity contribution >= 4 is 34.8 Å². The number of carbonyl (C=O) groups is 3. The Morgan fingerprint density at radius 1 is 1.06 bits per heavy atom. The number of amides is 3. The third-order valence-electron chi connectivity index (χ3n) is 9.31. The van der Waals surface area contributed by atoms with Gasteiger partial charge in [-0.05, 0) is 62.4 Å². The minimum Gasteiger partial charge on any atom is -0.465 e. The van der Waals surface area contributed by atoms with Crippen molar-refractivity contribution in [2.24, 2.45) is 7.05 Å². The number of aromatic nitrogens is 6. The highest BCUT2D eigenvalue weighted by Crippen LogP contribution is 2.33. The number of nitrogens with one attached hydrogen (secondary N) is 1. The van der Waals surface area contributed by atoms with Crippen LogP contribution in [0, 0.1) is 11.8 Å². The number of unbranched alkanes of at least 4 members (excludes halogenated alkanes) is 2. The molecule has 0 radical (unpaired) electrons. The third kappa shape index (κ3) is 5.96. The van der Waals surface area contributed by atoms with E-state index in [9.17, 15) is 24.3 Å². The predicted octanol–water partition coefficient (Wildman–Crippen LogP) is 2.06. The number of rotatable bonds is 8. The van der Waals surface area contributed by atoms with Gasteiger partial charge in [0.25, 0.3) is 0 Å². The van der Waals surface area contributed by atoms with E-state index in [1.165, 1.54) is 14.0 Å². The van der Waals surface area contributed by atoms with E-state index in [4.69, 9.17) is 4.98 Å². The molecule has 4 aromatic rings. The van der Waals surface area contributed by atoms with Gasteiger partial charge in [-0.15, -0.1) is 5.10 Å². The highest BCUT2D eigenvalue weighted by molar-refractivity contribution is 6.00. The summed E-state index contributed by atoms with van der Waals surface area (Å²) in [4.78, 5) is 56.9. The lowest BCUT2D eigenvalue weighted by Crippen LogP contribution is -2.48. The van der Waals surface area contributed by atoms with Gasteiger partial charge >= 0.3 is 11.8 Å². The molecule has 3 aliphatic heterocycles. The van der Waals surface area contributed by atoms with Crippen LogP contribution >= 0.6 is 0 Å². The Morgan fingerprint density at radius 3 is 2.72 bits per heavy atom. The molecular formula is C33H35N9O5. The van der Waals surface area contributed by atoms with Crippen molar-refractivity contribution in [3.05, 3.63) is 70.0 Å². The van der Waals surface area contributed by atoms with Crippen LogP contribution in [0.5, 0.6) is 0 Å². The zero-order valence-electron chi connectivity index (χ0n) is 26.0. The van der Waals surface area contributed by atoms with Gasteiger partial charge in [0.1, 0.15) is 11.9 Å². The molecule has 242 valence electrons. The quantitative estimate of drug-likeness (QED) is 0.167. The first-order chi connectivity index (χ1) is 22.7. The fourth-order valence-corrected chi connectivity index (χ4v) is 6.95. The van der Waals surface area contributed by atoms with E-state index in [1.807, 2.05) is 42.6 Å². The van der Waals surface area contributed by atoms with Crippen LogP contribution in [-0.2, 0) is 29.6 Å². The van der Waals surface area contributed by atoms with Crippen molar-refractivity contribution in [1.82, 2.24) is 39.3 Å². The van der Waals surface area contributed by atoms with Gasteiger partial charge in [-0.2, -0.15) is 0 Å². The summed E-state index contributed by atoms with van der Waals surface area (Å²) in [6.45, 7) is 1.69. The average molecular weight is 638 g/mol. The second-order valence-electron chi connectivity index (χ2n) is 12.4. The van der Waals surface area contributed by atoms with Gasteiger partial charge in [-0.1, -0.05) is 23.1 Å². The van der Waals surface area contributed by atoms with Gasteiger partial charge < -0.3 is 14.9 Å². The molecule has 47 heavy (non-hydrogen) atoms. The molecule has 1 unspecified atom stereocenters. The number of imide groups is 1. The number of piperidine rings is 1. The van der Waals surface area contributed by atoms with Crippen molar-refractivity contribution in [3.63, 3.8) is 0 Å². The van der Waals surface area contributed by atoms with E-state index in [0.29, 0.717) is 43.5 Å². The number of piperazine rings is 1. The smallest absolute Gasteiger partial charge is 0.407 e. The molecule has 2 bridgehead atoms. The first-order valence-corrected chi connectivity index (χ1v) is 15.9. The van der Waals surface area contributed by atoms with E-state index in [1.54, 1.807) is 11.7 Å². The Morgan fingerprint density at radius 2 is 1.94 bits per heavy atom. The van der Waals surface area contributed by atoms with Crippen LogP contribution in [0.25, 0.3) is 11.0 Å². The van der Waals surface area contributed by atoms with Gasteiger partial charge in [0.2, 0.25) is 11.8 Å². The van der Waals surface area contributed by atoms with E-state index in [0.717, 1.165) is 48.5 Å². The molecule has 3 aromatic heterocycles. The van der Waals surface area contributed by atoms with Gasteiger partial charge in [0, 0.05) is 44.7 Å². The van der Waals surface area contributed by atoms with E-state index < -0.39 is 18.0 Å². The van der Waals surface area contributed by atoms with Gasteiger partial charge in [-0.25, -0.2) is 19.3 Å². The van der Waals surface area contributed by atoms with Crippen molar-refractivity contribution in [2.45, 2.75) is 69.6 Å². The predicted molar refractivity (Wildman–Crippen MR) is 171 cm³/mol. The topological polar surface area (TPSA) is 160 Å². The lowest BCUT2D eigenvalue weighted by Gasteiger charge is -2.33. The van der Waals surface area contributed by atoms with E-state index >= 15 is 0 Å². The van der Waals surface area contributed by atoms with Crippen LogP contribution in [0.1, 0.15) is 61.5 Å². The standard InChI is InChI=1S/C33H35N9O5/c1-38-28-15-21(11-12-26(28)42(32(38)45)27-13-14-30(43)35-31(27)44)7-4-2-3-5-8-23-18-39(37-36-23)17-22-9-6-10-29(34-22)40-19-25-16-24(40)20-41(25)33(46)47/h6,9-12,15,18,24-25,27H,2-3,5,8,13-14,16-17,19-20H2,1H3,(H,46,47)(H,35,43,44)/t24-,25-,27?/m1/s1. The minimum absolute atomic E-state index is 0.0275. The average Bonchev–Trinajstić information content (AvgIpc) is 3.84. The number of nitrogens with zero attached hydrogens (tertiary/aromatic N) is 8. The highest BCUT2D eigenvalue weighted by atomic mass is 16.4. The number of fused-ring (bicyclic) bond motifs is 3. The van der Waals surface area contributed by atoms with Crippen LogP contribution < -0.4 is 15.9 Å². The normalized spacial score (nSPS) is 20.5. The van der Waals surface area contributed by atoms with Crippen LogP contribution in [0.3, 0.4) is 0 Å². The molecule has 3 aliphatic rings. The van der Waals surface area contributed by atoms with E-state index in [-0.39, 0.29) is 30.1 Å². The lowest BCUT2D eigenvalue weighted by atomic mass is 10.1. The first-order valence-electron chi connectivity index (χ1n) is 15.9. The first kappa shape index (κ1) is 30.2. The number of likely N-dealkylation sites (tertiary alicyclic amines) is 1. The summed E-state index contributed by atoms with van der Waals surface area (Å²) in [5.74, 6) is 6.51. The second-order valence-corrected chi connectivity index (χ2v) is 12.4. The van der Waals surface area contributed by atoms with Crippen LogP contribution in [0.15, 0.2) is 47.4 Å². The van der Waals surface area contributed by atoms with Gasteiger partial charge in [-0.3, -0.25) is 24.0 Å². The van der Waals surface area contributed by atoms with Crippen molar-refractivity contribution in [3.8, 4) is 11.8 Å².